The van der Waals surface area contributed by atoms with Gasteiger partial charge in [-0.1, -0.05) is 41.4 Å². The molecule has 3 rings (SSSR count). The van der Waals surface area contributed by atoms with E-state index in [1.54, 1.807) is 47.4 Å². The zero-order valence-corrected chi connectivity index (χ0v) is 12.5. The minimum absolute atomic E-state index is 0.0480. The largest absolute Gasteiger partial charge is 0.307 e. The molecule has 106 valence electrons. The van der Waals surface area contributed by atoms with Gasteiger partial charge < -0.3 is 4.90 Å². The summed E-state index contributed by atoms with van der Waals surface area (Å²) in [6, 6.07) is 12.0. The van der Waals surface area contributed by atoms with Crippen molar-refractivity contribution in [2.24, 2.45) is 0 Å². The summed E-state index contributed by atoms with van der Waals surface area (Å²) in [4.78, 5) is 26.2. The summed E-state index contributed by atoms with van der Waals surface area (Å²) in [6.07, 6.45) is 0.306. The Morgan fingerprint density at radius 3 is 2.62 bits per heavy atom. The van der Waals surface area contributed by atoms with Crippen LogP contribution < -0.4 is 4.90 Å². The molecule has 1 aliphatic rings. The first-order valence-corrected chi connectivity index (χ1v) is 7.23. The van der Waals surface area contributed by atoms with E-state index in [1.165, 1.54) is 0 Å². The van der Waals surface area contributed by atoms with E-state index >= 15 is 0 Å². The summed E-state index contributed by atoms with van der Waals surface area (Å²) < 4.78 is 0. The Hall–Kier alpha value is -1.84. The van der Waals surface area contributed by atoms with Gasteiger partial charge in [0, 0.05) is 18.5 Å². The zero-order chi connectivity index (χ0) is 15.0. The van der Waals surface area contributed by atoms with Gasteiger partial charge in [-0.25, -0.2) is 0 Å². The fraction of sp³-hybridized carbons (Fsp3) is 0.125. The van der Waals surface area contributed by atoms with Crippen LogP contribution in [0.4, 0.5) is 5.69 Å². The van der Waals surface area contributed by atoms with Gasteiger partial charge in [0.15, 0.2) is 5.78 Å². The maximum atomic E-state index is 12.7. The number of para-hydroxylation sites is 1. The van der Waals surface area contributed by atoms with Gasteiger partial charge in [-0.15, -0.1) is 0 Å². The zero-order valence-electron chi connectivity index (χ0n) is 11.0. The molecule has 0 unspecified atom stereocenters. The number of carbonyl (C=O) groups is 2. The molecular weight excluding hydrogens is 309 g/mol. The summed E-state index contributed by atoms with van der Waals surface area (Å²) >= 11 is 12.1. The van der Waals surface area contributed by atoms with Crippen molar-refractivity contribution in [3.05, 3.63) is 63.6 Å². The predicted molar refractivity (Wildman–Crippen MR) is 83.5 cm³/mol. The molecule has 0 radical (unpaired) electrons. The molecule has 2 aromatic carbocycles. The van der Waals surface area contributed by atoms with Crippen LogP contribution in [-0.4, -0.2) is 18.2 Å². The molecule has 0 saturated heterocycles. The summed E-state index contributed by atoms with van der Waals surface area (Å²) in [5, 5.41) is 0.572. The summed E-state index contributed by atoms with van der Waals surface area (Å²) in [5.74, 6) is -0.200. The van der Waals surface area contributed by atoms with Crippen molar-refractivity contribution in [1.29, 1.82) is 0 Å². The molecule has 0 N–H and O–H groups in total. The van der Waals surface area contributed by atoms with Crippen molar-refractivity contribution in [3.63, 3.8) is 0 Å². The second-order valence-corrected chi connectivity index (χ2v) is 5.53. The van der Waals surface area contributed by atoms with E-state index in [0.29, 0.717) is 34.8 Å². The fourth-order valence-corrected chi connectivity index (χ4v) is 2.82. The highest BCUT2D eigenvalue weighted by molar-refractivity contribution is 6.44. The second-order valence-electron chi connectivity index (χ2n) is 4.75. The number of halogens is 2. The lowest BCUT2D eigenvalue weighted by molar-refractivity contribution is 0.0955. The number of hydrogen-bond donors (Lipinski definition) is 0. The number of anilines is 1. The number of Topliss-reactive ketones (excluding diaryl/α,β-unsaturated/α-hetero) is 1. The Morgan fingerprint density at radius 1 is 1.05 bits per heavy atom. The van der Waals surface area contributed by atoms with Crippen molar-refractivity contribution >= 4 is 40.6 Å². The fourth-order valence-electron chi connectivity index (χ4n) is 2.44. The number of amides is 1. The molecule has 1 aliphatic heterocycles. The molecule has 0 aliphatic carbocycles. The summed E-state index contributed by atoms with van der Waals surface area (Å²) in [5.41, 5.74) is 1.53. The van der Waals surface area contributed by atoms with Gasteiger partial charge in [0.25, 0.3) is 5.91 Å². The van der Waals surface area contributed by atoms with Gasteiger partial charge in [-0.2, -0.15) is 0 Å². The molecular formula is C16H11Cl2NO2. The summed E-state index contributed by atoms with van der Waals surface area (Å²) in [7, 11) is 0. The molecule has 0 fully saturated rings. The SMILES string of the molecule is O=C1CCN(C(=O)c2cccc(Cl)c2Cl)c2ccccc21. The smallest absolute Gasteiger partial charge is 0.259 e. The van der Waals surface area contributed by atoms with Crippen molar-refractivity contribution < 1.29 is 9.59 Å². The average molecular weight is 320 g/mol. The van der Waals surface area contributed by atoms with Gasteiger partial charge in [0.1, 0.15) is 0 Å². The monoisotopic (exact) mass is 319 g/mol. The van der Waals surface area contributed by atoms with E-state index < -0.39 is 0 Å². The highest BCUT2D eigenvalue weighted by atomic mass is 35.5. The van der Waals surface area contributed by atoms with Crippen molar-refractivity contribution in [3.8, 4) is 0 Å². The molecule has 1 amide bonds. The van der Waals surface area contributed by atoms with Crippen LogP contribution in [0.25, 0.3) is 0 Å². The minimum atomic E-state index is -0.248. The predicted octanol–water partition coefficient (Wildman–Crippen LogP) is 4.23. The van der Waals surface area contributed by atoms with Crippen LogP contribution >= 0.6 is 23.2 Å². The summed E-state index contributed by atoms with van der Waals surface area (Å²) in [6.45, 7) is 0.345. The maximum Gasteiger partial charge on any atom is 0.259 e. The van der Waals surface area contributed by atoms with Gasteiger partial charge in [-0.05, 0) is 24.3 Å². The minimum Gasteiger partial charge on any atom is -0.307 e. The highest BCUT2D eigenvalue weighted by Gasteiger charge is 2.28. The Bertz CT molecular complexity index is 743. The molecule has 1 heterocycles. The first-order valence-electron chi connectivity index (χ1n) is 6.47. The lowest BCUT2D eigenvalue weighted by Gasteiger charge is -2.29. The Balaban J connectivity index is 2.05. The third-order valence-corrected chi connectivity index (χ3v) is 4.30. The van der Waals surface area contributed by atoms with Gasteiger partial charge in [0.2, 0.25) is 0 Å². The molecule has 0 spiro atoms. The molecule has 0 atom stereocenters. The van der Waals surface area contributed by atoms with Crippen LogP contribution in [0.2, 0.25) is 10.0 Å². The first-order chi connectivity index (χ1) is 10.1. The Morgan fingerprint density at radius 2 is 1.81 bits per heavy atom. The van der Waals surface area contributed by atoms with Gasteiger partial charge in [0.05, 0.1) is 21.3 Å². The Labute approximate surface area is 132 Å². The third-order valence-electron chi connectivity index (χ3n) is 3.48. The van der Waals surface area contributed by atoms with Gasteiger partial charge >= 0.3 is 0 Å². The lowest BCUT2D eigenvalue weighted by atomic mass is 9.99. The van der Waals surface area contributed by atoms with Crippen LogP contribution in [0, 0.1) is 0 Å². The Kier molecular flexibility index (Phi) is 3.70. The van der Waals surface area contributed by atoms with E-state index in [9.17, 15) is 9.59 Å². The quantitative estimate of drug-likeness (QED) is 0.789. The number of rotatable bonds is 1. The van der Waals surface area contributed by atoms with Crippen molar-refractivity contribution in [1.82, 2.24) is 0 Å². The van der Waals surface area contributed by atoms with Gasteiger partial charge in [-0.3, -0.25) is 9.59 Å². The second kappa shape index (κ2) is 5.51. The number of ketones is 1. The number of benzene rings is 2. The number of hydrogen-bond acceptors (Lipinski definition) is 2. The van der Waals surface area contributed by atoms with E-state index in [-0.39, 0.29) is 16.7 Å². The molecule has 0 bridgehead atoms. The maximum absolute atomic E-state index is 12.7. The van der Waals surface area contributed by atoms with Crippen LogP contribution in [-0.2, 0) is 0 Å². The lowest BCUT2D eigenvalue weighted by Crippen LogP contribution is -2.37. The molecule has 0 saturated carbocycles. The number of fused-ring (bicyclic) bond motifs is 1. The third kappa shape index (κ3) is 2.43. The molecule has 2 aromatic rings. The standard InChI is InChI=1S/C16H11Cl2NO2/c17-12-6-3-5-11(15(12)18)16(21)19-9-8-14(20)10-4-1-2-7-13(10)19/h1-7H,8-9H2. The molecule has 5 heteroatoms. The van der Waals surface area contributed by atoms with Crippen LogP contribution in [0.3, 0.4) is 0 Å². The van der Waals surface area contributed by atoms with E-state index in [1.807, 2.05) is 0 Å². The molecule has 21 heavy (non-hydrogen) atoms. The molecule has 0 aromatic heterocycles. The number of nitrogens with zero attached hydrogens (tertiary/aromatic N) is 1. The van der Waals surface area contributed by atoms with Crippen LogP contribution in [0.5, 0.6) is 0 Å². The average Bonchev–Trinajstić information content (AvgIpc) is 2.50. The van der Waals surface area contributed by atoms with Crippen LogP contribution in [0.1, 0.15) is 27.1 Å². The van der Waals surface area contributed by atoms with Crippen molar-refractivity contribution in [2.45, 2.75) is 6.42 Å². The number of carbonyl (C=O) groups excluding carboxylic acids is 2. The van der Waals surface area contributed by atoms with Crippen molar-refractivity contribution in [2.75, 3.05) is 11.4 Å². The van der Waals surface area contributed by atoms with E-state index in [0.717, 1.165) is 0 Å². The van der Waals surface area contributed by atoms with E-state index in [2.05, 4.69) is 0 Å². The topological polar surface area (TPSA) is 37.4 Å². The first kappa shape index (κ1) is 14.1. The van der Waals surface area contributed by atoms with E-state index in [4.69, 9.17) is 23.2 Å². The molecule has 3 nitrogen and oxygen atoms in total. The highest BCUT2D eigenvalue weighted by Crippen LogP contribution is 2.31. The van der Waals surface area contributed by atoms with Crippen LogP contribution in [0.15, 0.2) is 42.5 Å². The normalized spacial score (nSPS) is 14.0.